The molecule has 4 rings (SSSR count). The first kappa shape index (κ1) is 15.4. The lowest BCUT2D eigenvalue weighted by molar-refractivity contribution is 0.414. The van der Waals surface area contributed by atoms with E-state index in [0.29, 0.717) is 0 Å². The molecule has 0 aliphatic carbocycles. The molecule has 3 aromatic carbocycles. The van der Waals surface area contributed by atoms with Crippen LogP contribution in [0.25, 0.3) is 27.5 Å². The Hall–Kier alpha value is -3.14. The molecule has 0 amide bonds. The van der Waals surface area contributed by atoms with Crippen LogP contribution < -0.4 is 14.2 Å². The van der Waals surface area contributed by atoms with E-state index in [-0.39, 0.29) is 0 Å². The van der Waals surface area contributed by atoms with Gasteiger partial charge in [0.2, 0.25) is 0 Å². The Bertz CT molecular complexity index is 987. The van der Waals surface area contributed by atoms with Crippen molar-refractivity contribution in [2.24, 2.45) is 0 Å². The molecule has 1 heterocycles. The van der Waals surface area contributed by atoms with E-state index < -0.39 is 0 Å². The molecule has 0 fully saturated rings. The van der Waals surface area contributed by atoms with Crippen molar-refractivity contribution < 1.29 is 14.2 Å². The third kappa shape index (κ3) is 2.47. The fourth-order valence-electron chi connectivity index (χ4n) is 3.24. The molecule has 1 aromatic heterocycles. The van der Waals surface area contributed by atoms with Crippen LogP contribution in [0.2, 0.25) is 0 Å². The second-order valence-corrected chi connectivity index (χ2v) is 5.80. The summed E-state index contributed by atoms with van der Waals surface area (Å²) in [6, 6.07) is 20.3. The standard InChI is InChI=1S/C21H19NO3/c1-23-15-6-4-14(5-7-15)22-20-12-16(24-2)8-10-18(20)19-11-9-17(25-3)13-21(19)22/h4-13H,1-3H3. The van der Waals surface area contributed by atoms with Crippen LogP contribution in [0.3, 0.4) is 0 Å². The van der Waals surface area contributed by atoms with Gasteiger partial charge in [-0.2, -0.15) is 0 Å². The summed E-state index contributed by atoms with van der Waals surface area (Å²) in [4.78, 5) is 0. The normalized spacial score (nSPS) is 11.0. The number of ether oxygens (including phenoxy) is 3. The summed E-state index contributed by atoms with van der Waals surface area (Å²) >= 11 is 0. The highest BCUT2D eigenvalue weighted by Gasteiger charge is 2.14. The van der Waals surface area contributed by atoms with Gasteiger partial charge in [0, 0.05) is 28.6 Å². The topological polar surface area (TPSA) is 32.6 Å². The summed E-state index contributed by atoms with van der Waals surface area (Å²) in [6.45, 7) is 0. The Morgan fingerprint density at radius 3 is 1.44 bits per heavy atom. The molecule has 0 aliphatic heterocycles. The van der Waals surface area contributed by atoms with Crippen molar-refractivity contribution in [3.63, 3.8) is 0 Å². The van der Waals surface area contributed by atoms with Crippen molar-refractivity contribution in [3.8, 4) is 22.9 Å². The van der Waals surface area contributed by atoms with Crippen molar-refractivity contribution in [2.75, 3.05) is 21.3 Å². The van der Waals surface area contributed by atoms with Gasteiger partial charge in [-0.1, -0.05) is 0 Å². The maximum Gasteiger partial charge on any atom is 0.120 e. The summed E-state index contributed by atoms with van der Waals surface area (Å²) in [6.07, 6.45) is 0. The fraction of sp³-hybridized carbons (Fsp3) is 0.143. The first-order valence-corrected chi connectivity index (χ1v) is 8.06. The molecule has 126 valence electrons. The molecular weight excluding hydrogens is 314 g/mol. The predicted molar refractivity (Wildman–Crippen MR) is 100 cm³/mol. The fourth-order valence-corrected chi connectivity index (χ4v) is 3.24. The maximum absolute atomic E-state index is 5.43. The van der Waals surface area contributed by atoms with Crippen molar-refractivity contribution >= 4 is 21.8 Å². The second-order valence-electron chi connectivity index (χ2n) is 5.80. The predicted octanol–water partition coefficient (Wildman–Crippen LogP) is 4.81. The lowest BCUT2D eigenvalue weighted by Crippen LogP contribution is -1.95. The Morgan fingerprint density at radius 1 is 0.560 bits per heavy atom. The molecule has 0 saturated carbocycles. The molecule has 0 N–H and O–H groups in total. The van der Waals surface area contributed by atoms with Gasteiger partial charge in [-0.3, -0.25) is 0 Å². The summed E-state index contributed by atoms with van der Waals surface area (Å²) in [5, 5.41) is 2.35. The van der Waals surface area contributed by atoms with E-state index in [9.17, 15) is 0 Å². The monoisotopic (exact) mass is 333 g/mol. The first-order valence-electron chi connectivity index (χ1n) is 8.06. The Morgan fingerprint density at radius 2 is 1.00 bits per heavy atom. The van der Waals surface area contributed by atoms with E-state index in [1.54, 1.807) is 21.3 Å². The smallest absolute Gasteiger partial charge is 0.120 e. The van der Waals surface area contributed by atoms with Crippen molar-refractivity contribution in [1.29, 1.82) is 0 Å². The molecule has 0 unspecified atom stereocenters. The van der Waals surface area contributed by atoms with E-state index in [0.717, 1.165) is 34.0 Å². The summed E-state index contributed by atoms with van der Waals surface area (Å²) in [5.74, 6) is 2.49. The van der Waals surface area contributed by atoms with Crippen LogP contribution >= 0.6 is 0 Å². The number of fused-ring (bicyclic) bond motifs is 3. The van der Waals surface area contributed by atoms with Gasteiger partial charge in [-0.15, -0.1) is 0 Å². The molecular formula is C21H19NO3. The number of aromatic nitrogens is 1. The van der Waals surface area contributed by atoms with Crippen LogP contribution in [-0.2, 0) is 0 Å². The van der Waals surface area contributed by atoms with Gasteiger partial charge in [-0.25, -0.2) is 0 Å². The molecule has 4 heteroatoms. The van der Waals surface area contributed by atoms with E-state index in [2.05, 4.69) is 41.0 Å². The van der Waals surface area contributed by atoms with E-state index in [4.69, 9.17) is 14.2 Å². The largest absolute Gasteiger partial charge is 0.497 e. The molecule has 0 bridgehead atoms. The molecule has 4 aromatic rings. The molecule has 0 aliphatic rings. The number of rotatable bonds is 4. The maximum atomic E-state index is 5.43. The molecule has 4 nitrogen and oxygen atoms in total. The zero-order chi connectivity index (χ0) is 17.4. The SMILES string of the molecule is COc1ccc(-n2c3cc(OC)ccc3c3ccc(OC)cc32)cc1. The van der Waals surface area contributed by atoms with E-state index in [1.165, 1.54) is 10.8 Å². The summed E-state index contributed by atoms with van der Waals surface area (Å²) < 4.78 is 18.4. The summed E-state index contributed by atoms with van der Waals surface area (Å²) in [5.41, 5.74) is 3.24. The quantitative estimate of drug-likeness (QED) is 0.537. The molecule has 0 spiro atoms. The number of hydrogen-bond donors (Lipinski definition) is 0. The van der Waals surface area contributed by atoms with E-state index in [1.807, 2.05) is 24.3 Å². The zero-order valence-electron chi connectivity index (χ0n) is 14.4. The van der Waals surface area contributed by atoms with Crippen LogP contribution in [0, 0.1) is 0 Å². The molecule has 0 saturated heterocycles. The Labute approximate surface area is 146 Å². The van der Waals surface area contributed by atoms with Gasteiger partial charge in [0.05, 0.1) is 32.4 Å². The van der Waals surface area contributed by atoms with E-state index >= 15 is 0 Å². The second kappa shape index (κ2) is 6.06. The third-order valence-electron chi connectivity index (χ3n) is 4.51. The van der Waals surface area contributed by atoms with Gasteiger partial charge < -0.3 is 18.8 Å². The number of methoxy groups -OCH3 is 3. The van der Waals surface area contributed by atoms with Crippen LogP contribution in [0.5, 0.6) is 17.2 Å². The number of benzene rings is 3. The first-order chi connectivity index (χ1) is 12.2. The van der Waals surface area contributed by atoms with Gasteiger partial charge in [0.1, 0.15) is 17.2 Å². The van der Waals surface area contributed by atoms with Crippen LogP contribution in [0.15, 0.2) is 60.7 Å². The molecule has 0 radical (unpaired) electrons. The van der Waals surface area contributed by atoms with Crippen LogP contribution in [0.1, 0.15) is 0 Å². The highest BCUT2D eigenvalue weighted by Crippen LogP contribution is 2.36. The average Bonchev–Trinajstić information content (AvgIpc) is 3.00. The number of hydrogen-bond acceptors (Lipinski definition) is 3. The minimum Gasteiger partial charge on any atom is -0.497 e. The molecule has 25 heavy (non-hydrogen) atoms. The third-order valence-corrected chi connectivity index (χ3v) is 4.51. The van der Waals surface area contributed by atoms with Crippen molar-refractivity contribution in [3.05, 3.63) is 60.7 Å². The van der Waals surface area contributed by atoms with Crippen LogP contribution in [-0.4, -0.2) is 25.9 Å². The average molecular weight is 333 g/mol. The van der Waals surface area contributed by atoms with Gasteiger partial charge in [0.25, 0.3) is 0 Å². The lowest BCUT2D eigenvalue weighted by atomic mass is 10.1. The Kier molecular flexibility index (Phi) is 3.73. The number of nitrogens with zero attached hydrogens (tertiary/aromatic N) is 1. The minimum atomic E-state index is 0.831. The minimum absolute atomic E-state index is 0.831. The molecule has 0 atom stereocenters. The zero-order valence-corrected chi connectivity index (χ0v) is 14.4. The van der Waals surface area contributed by atoms with Gasteiger partial charge >= 0.3 is 0 Å². The lowest BCUT2D eigenvalue weighted by Gasteiger charge is -2.10. The Balaban J connectivity index is 2.08. The van der Waals surface area contributed by atoms with Gasteiger partial charge in [0.15, 0.2) is 0 Å². The summed E-state index contributed by atoms with van der Waals surface area (Å²) in [7, 11) is 5.04. The van der Waals surface area contributed by atoms with Crippen molar-refractivity contribution in [2.45, 2.75) is 0 Å². The highest BCUT2D eigenvalue weighted by molar-refractivity contribution is 6.10. The van der Waals surface area contributed by atoms with Crippen molar-refractivity contribution in [1.82, 2.24) is 4.57 Å². The highest BCUT2D eigenvalue weighted by atomic mass is 16.5. The van der Waals surface area contributed by atoms with Gasteiger partial charge in [-0.05, 0) is 48.5 Å². The van der Waals surface area contributed by atoms with Crippen LogP contribution in [0.4, 0.5) is 0 Å².